The minimum absolute atomic E-state index is 0.969. The third-order valence-corrected chi connectivity index (χ3v) is 3.43. The molecule has 1 aliphatic heterocycles. The zero-order chi connectivity index (χ0) is 9.54. The molecule has 0 bridgehead atoms. The first-order chi connectivity index (χ1) is 6.86. The third-order valence-electron chi connectivity index (χ3n) is 2.53. The number of rotatable bonds is 0. The van der Waals surface area contributed by atoms with Crippen molar-refractivity contribution in [3.63, 3.8) is 0 Å². The Morgan fingerprint density at radius 3 is 3.00 bits per heavy atom. The molecule has 68 valence electrons. The Kier molecular flexibility index (Phi) is 1.83. The second-order valence-corrected chi connectivity index (χ2v) is 4.57. The monoisotopic (exact) mass is 293 g/mol. The van der Waals surface area contributed by atoms with Gasteiger partial charge in [0, 0.05) is 21.1 Å². The molecule has 0 N–H and O–H groups in total. The van der Waals surface area contributed by atoms with Crippen LogP contribution in [0.5, 0.6) is 0 Å². The van der Waals surface area contributed by atoms with Gasteiger partial charge >= 0.3 is 0 Å². The summed E-state index contributed by atoms with van der Waals surface area (Å²) >= 11 is 2.38. The van der Waals surface area contributed by atoms with Gasteiger partial charge in [0.05, 0.1) is 11.4 Å². The van der Waals surface area contributed by atoms with E-state index in [0.29, 0.717) is 0 Å². The average Bonchev–Trinajstić information content (AvgIpc) is 2.57. The fourth-order valence-electron chi connectivity index (χ4n) is 1.91. The molecule has 0 aromatic heterocycles. The molecule has 1 aromatic rings. The molecular formula is C12H8IN. The largest absolute Gasteiger partial charge is 0.252 e. The van der Waals surface area contributed by atoms with Crippen molar-refractivity contribution in [3.05, 3.63) is 45.6 Å². The maximum Gasteiger partial charge on any atom is 0.0712 e. The quantitative estimate of drug-likeness (QED) is 0.644. The topological polar surface area (TPSA) is 12.4 Å². The fourth-order valence-corrected chi connectivity index (χ4v) is 2.77. The number of benzene rings is 1. The van der Waals surface area contributed by atoms with Crippen LogP contribution in [0.3, 0.4) is 0 Å². The lowest BCUT2D eigenvalue weighted by Gasteiger charge is -2.08. The first-order valence-electron chi connectivity index (χ1n) is 4.60. The number of halogens is 1. The van der Waals surface area contributed by atoms with Gasteiger partial charge < -0.3 is 0 Å². The molecule has 2 aliphatic rings. The molecule has 0 radical (unpaired) electrons. The number of allylic oxidation sites excluding steroid dienone is 4. The van der Waals surface area contributed by atoms with Crippen LogP contribution in [0, 0.1) is 0 Å². The van der Waals surface area contributed by atoms with Crippen molar-refractivity contribution >= 4 is 39.6 Å². The summed E-state index contributed by atoms with van der Waals surface area (Å²) in [5.41, 5.74) is 4.97. The van der Waals surface area contributed by atoms with Crippen LogP contribution in [-0.4, -0.2) is 5.71 Å². The minimum Gasteiger partial charge on any atom is -0.252 e. The van der Waals surface area contributed by atoms with Gasteiger partial charge in [0.2, 0.25) is 0 Å². The van der Waals surface area contributed by atoms with Crippen molar-refractivity contribution in [2.75, 3.05) is 0 Å². The summed E-state index contributed by atoms with van der Waals surface area (Å²) in [5.74, 6) is 0. The van der Waals surface area contributed by atoms with E-state index in [9.17, 15) is 0 Å². The Hall–Kier alpha value is -0.900. The second kappa shape index (κ2) is 3.05. The molecule has 0 amide bonds. The summed E-state index contributed by atoms with van der Waals surface area (Å²) in [7, 11) is 0. The van der Waals surface area contributed by atoms with E-state index in [0.717, 1.165) is 12.1 Å². The highest BCUT2D eigenvalue weighted by atomic mass is 127. The molecule has 0 saturated heterocycles. The first-order valence-corrected chi connectivity index (χ1v) is 5.68. The van der Waals surface area contributed by atoms with Crippen molar-refractivity contribution in [2.45, 2.75) is 6.42 Å². The molecule has 1 heterocycles. The molecule has 3 rings (SSSR count). The summed E-state index contributed by atoms with van der Waals surface area (Å²) in [6.07, 6.45) is 5.32. The SMILES string of the molecule is IC1=C2C(=Nc3ccccc32)CC=C1. The Bertz CT molecular complexity index is 495. The van der Waals surface area contributed by atoms with E-state index >= 15 is 0 Å². The van der Waals surface area contributed by atoms with Gasteiger partial charge in [-0.1, -0.05) is 30.4 Å². The van der Waals surface area contributed by atoms with Crippen LogP contribution >= 0.6 is 22.6 Å². The minimum atomic E-state index is 0.969. The van der Waals surface area contributed by atoms with E-state index in [4.69, 9.17) is 0 Å². The number of hydrogen-bond donors (Lipinski definition) is 0. The summed E-state index contributed by atoms with van der Waals surface area (Å²) in [4.78, 5) is 4.63. The Morgan fingerprint density at radius 1 is 1.21 bits per heavy atom. The maximum absolute atomic E-state index is 4.63. The van der Waals surface area contributed by atoms with Crippen molar-refractivity contribution in [1.82, 2.24) is 0 Å². The standard InChI is InChI=1S/C12H8IN/c13-9-5-3-7-11-12(9)8-4-1-2-6-10(8)14-11/h1-6H,7H2. The van der Waals surface area contributed by atoms with Gasteiger partial charge in [0.25, 0.3) is 0 Å². The third kappa shape index (κ3) is 1.10. The molecule has 1 aliphatic carbocycles. The normalized spacial score (nSPS) is 17.9. The fraction of sp³-hybridized carbons (Fsp3) is 0.0833. The first kappa shape index (κ1) is 8.41. The summed E-state index contributed by atoms with van der Waals surface area (Å²) in [6.45, 7) is 0. The number of nitrogens with zero attached hydrogens (tertiary/aromatic N) is 1. The second-order valence-electron chi connectivity index (χ2n) is 3.41. The molecule has 14 heavy (non-hydrogen) atoms. The van der Waals surface area contributed by atoms with Crippen LogP contribution < -0.4 is 0 Å². The lowest BCUT2D eigenvalue weighted by atomic mass is 9.98. The molecule has 2 heteroatoms. The summed E-state index contributed by atoms with van der Waals surface area (Å²) in [6, 6.07) is 8.35. The van der Waals surface area contributed by atoms with E-state index in [1.807, 2.05) is 6.07 Å². The number of hydrogen-bond acceptors (Lipinski definition) is 1. The zero-order valence-electron chi connectivity index (χ0n) is 7.50. The van der Waals surface area contributed by atoms with E-state index < -0.39 is 0 Å². The smallest absolute Gasteiger partial charge is 0.0712 e. The van der Waals surface area contributed by atoms with Crippen LogP contribution in [0.15, 0.2) is 45.0 Å². The van der Waals surface area contributed by atoms with Gasteiger partial charge in [-0.15, -0.1) is 0 Å². The summed E-state index contributed by atoms with van der Waals surface area (Å²) in [5, 5.41) is 0. The molecular weight excluding hydrogens is 285 g/mol. The predicted molar refractivity (Wildman–Crippen MR) is 68.2 cm³/mol. The predicted octanol–water partition coefficient (Wildman–Crippen LogP) is 3.88. The lowest BCUT2D eigenvalue weighted by Crippen LogP contribution is -2.00. The Labute approximate surface area is 96.4 Å². The zero-order valence-corrected chi connectivity index (χ0v) is 9.65. The van der Waals surface area contributed by atoms with Gasteiger partial charge in [-0.25, -0.2) is 0 Å². The van der Waals surface area contributed by atoms with Crippen molar-refractivity contribution < 1.29 is 0 Å². The highest BCUT2D eigenvalue weighted by molar-refractivity contribution is 14.1. The van der Waals surface area contributed by atoms with E-state index in [1.165, 1.54) is 20.4 Å². The number of fused-ring (bicyclic) bond motifs is 3. The van der Waals surface area contributed by atoms with Gasteiger partial charge in [0.1, 0.15) is 0 Å². The van der Waals surface area contributed by atoms with Gasteiger partial charge in [-0.2, -0.15) is 0 Å². The maximum atomic E-state index is 4.63. The highest BCUT2D eigenvalue weighted by Gasteiger charge is 2.23. The lowest BCUT2D eigenvalue weighted by molar-refractivity contribution is 1.44. The summed E-state index contributed by atoms with van der Waals surface area (Å²) < 4.78 is 1.30. The van der Waals surface area contributed by atoms with Crippen molar-refractivity contribution in [3.8, 4) is 0 Å². The van der Waals surface area contributed by atoms with E-state index in [2.05, 4.69) is 57.9 Å². The van der Waals surface area contributed by atoms with E-state index in [-0.39, 0.29) is 0 Å². The molecule has 0 spiro atoms. The van der Waals surface area contributed by atoms with Gasteiger partial charge in [0.15, 0.2) is 0 Å². The average molecular weight is 293 g/mol. The Morgan fingerprint density at radius 2 is 2.07 bits per heavy atom. The molecule has 0 unspecified atom stereocenters. The van der Waals surface area contributed by atoms with Crippen LogP contribution in [0.2, 0.25) is 0 Å². The number of aliphatic imine (C=N–C) groups is 1. The van der Waals surface area contributed by atoms with Crippen LogP contribution in [0.25, 0.3) is 5.57 Å². The molecule has 0 saturated carbocycles. The van der Waals surface area contributed by atoms with Crippen molar-refractivity contribution in [2.24, 2.45) is 4.99 Å². The van der Waals surface area contributed by atoms with Crippen LogP contribution in [-0.2, 0) is 0 Å². The van der Waals surface area contributed by atoms with Gasteiger partial charge in [-0.3, -0.25) is 4.99 Å². The van der Waals surface area contributed by atoms with Gasteiger partial charge in [-0.05, 0) is 28.7 Å². The van der Waals surface area contributed by atoms with Crippen LogP contribution in [0.4, 0.5) is 5.69 Å². The van der Waals surface area contributed by atoms with Crippen molar-refractivity contribution in [1.29, 1.82) is 0 Å². The molecule has 1 aromatic carbocycles. The van der Waals surface area contributed by atoms with E-state index in [1.54, 1.807) is 0 Å². The number of para-hydroxylation sites is 1. The highest BCUT2D eigenvalue weighted by Crippen LogP contribution is 2.41. The Balaban J connectivity index is 2.31. The molecule has 0 atom stereocenters. The molecule has 1 nitrogen and oxygen atoms in total. The molecule has 0 fully saturated rings. The van der Waals surface area contributed by atoms with Crippen LogP contribution in [0.1, 0.15) is 12.0 Å².